The molecule has 0 unspecified atom stereocenters. The van der Waals surface area contributed by atoms with Gasteiger partial charge in [0.15, 0.2) is 0 Å². The van der Waals surface area contributed by atoms with Gasteiger partial charge in [-0.2, -0.15) is 0 Å². The molecule has 0 bridgehead atoms. The van der Waals surface area contributed by atoms with Crippen LogP contribution < -0.4 is 0 Å². The first kappa shape index (κ1) is 79800. The zero-order chi connectivity index (χ0) is 0. The van der Waals surface area contributed by atoms with Crippen LogP contribution in [0.1, 0.15) is 0 Å². The van der Waals surface area contributed by atoms with Gasteiger partial charge in [0.05, 0.1) is 0 Å². The third kappa shape index (κ3) is 46700. The molecule has 0 rings (SSSR count). The summed E-state index contributed by atoms with van der Waals surface area (Å²) in [6.07, 6.45) is 0. The molecule has 0 atom stereocenters. The van der Waals surface area contributed by atoms with Gasteiger partial charge < -0.3 is 54.8 Å². The summed E-state index contributed by atoms with van der Waals surface area (Å²) in [6, 6.07) is 0. The van der Waals surface area contributed by atoms with Crippen molar-refractivity contribution in [3.63, 3.8) is 0 Å². The fraction of sp³-hybridized carbons (Fsp3) is 0. The van der Waals surface area contributed by atoms with Crippen LogP contribution in [0, 0.1) is 0 Å². The van der Waals surface area contributed by atoms with Gasteiger partial charge in [0.1, 0.15) is 0 Å². The molecule has 0 saturated carbocycles. The molecular formula is H20FeO10+3. The Hall–Kier alpha value is 0.119. The molecule has 0 spiro atoms. The largest absolute Gasteiger partial charge is 3.00 e. The molecule has 0 fully saturated rings. The SMILES string of the molecule is O.O.O.O.O.O.O.O.O.O.[Fe+3]. The van der Waals surface area contributed by atoms with E-state index in [2.05, 4.69) is 0 Å². The Morgan fingerprint density at radius 1 is 0.182 bits per heavy atom. The average molecular weight is 236 g/mol. The van der Waals surface area contributed by atoms with Crippen molar-refractivity contribution in [2.45, 2.75) is 0 Å². The second-order valence-corrected chi connectivity index (χ2v) is 0. The molecule has 20 N–H and O–H groups in total. The van der Waals surface area contributed by atoms with E-state index in [0.29, 0.717) is 0 Å². The van der Waals surface area contributed by atoms with Crippen molar-refractivity contribution < 1.29 is 71.8 Å². The summed E-state index contributed by atoms with van der Waals surface area (Å²) in [4.78, 5) is 0. The molecule has 11 heteroatoms. The summed E-state index contributed by atoms with van der Waals surface area (Å²) in [6.45, 7) is 0. The van der Waals surface area contributed by atoms with Gasteiger partial charge in [-0.05, 0) is 0 Å². The Morgan fingerprint density at radius 3 is 0.182 bits per heavy atom. The Balaban J connectivity index is 0. The maximum absolute atomic E-state index is 0. The number of rotatable bonds is 0. The van der Waals surface area contributed by atoms with Crippen molar-refractivity contribution in [2.24, 2.45) is 0 Å². The van der Waals surface area contributed by atoms with E-state index in [0.717, 1.165) is 0 Å². The molecule has 0 aliphatic carbocycles. The van der Waals surface area contributed by atoms with Crippen molar-refractivity contribution in [1.82, 2.24) is 0 Å². The first-order valence-electron chi connectivity index (χ1n) is 0. The Morgan fingerprint density at radius 2 is 0.182 bits per heavy atom. The van der Waals surface area contributed by atoms with Gasteiger partial charge in [-0.15, -0.1) is 0 Å². The number of hydrogen-bond donors (Lipinski definition) is 0. The van der Waals surface area contributed by atoms with Gasteiger partial charge in [-0.1, -0.05) is 0 Å². The fourth-order valence-electron chi connectivity index (χ4n) is 0. The van der Waals surface area contributed by atoms with E-state index in [4.69, 9.17) is 0 Å². The molecule has 0 heterocycles. The van der Waals surface area contributed by atoms with Crippen molar-refractivity contribution in [3.8, 4) is 0 Å². The summed E-state index contributed by atoms with van der Waals surface area (Å²) in [5.74, 6) is 0. The minimum Gasteiger partial charge on any atom is -0.412 e. The third-order valence-electron chi connectivity index (χ3n) is 0. The monoisotopic (exact) mass is 236 g/mol. The topological polar surface area (TPSA) is 315 Å². The van der Waals surface area contributed by atoms with Crippen LogP contribution in [0.2, 0.25) is 0 Å². The van der Waals surface area contributed by atoms with E-state index in [-0.39, 0.29) is 71.8 Å². The van der Waals surface area contributed by atoms with Gasteiger partial charge in [0.2, 0.25) is 0 Å². The second kappa shape index (κ2) is 59000. The van der Waals surface area contributed by atoms with E-state index in [1.807, 2.05) is 0 Å². The van der Waals surface area contributed by atoms with E-state index in [9.17, 15) is 0 Å². The van der Waals surface area contributed by atoms with Crippen LogP contribution in [-0.2, 0) is 17.1 Å². The van der Waals surface area contributed by atoms with E-state index < -0.39 is 0 Å². The van der Waals surface area contributed by atoms with Crippen LogP contribution >= 0.6 is 0 Å². The number of hydrogen-bond acceptors (Lipinski definition) is 0. The van der Waals surface area contributed by atoms with Crippen LogP contribution in [-0.4, -0.2) is 54.8 Å². The minimum absolute atomic E-state index is 0. The Labute approximate surface area is 72.8 Å². The summed E-state index contributed by atoms with van der Waals surface area (Å²) >= 11 is 0. The predicted octanol–water partition coefficient (Wildman–Crippen LogP) is -8.25. The quantitative estimate of drug-likeness (QED) is 0.353. The third-order valence-corrected chi connectivity index (χ3v) is 0. The summed E-state index contributed by atoms with van der Waals surface area (Å²) < 4.78 is 0. The maximum atomic E-state index is 0. The van der Waals surface area contributed by atoms with Gasteiger partial charge in [0.25, 0.3) is 0 Å². The molecule has 0 aromatic rings. The van der Waals surface area contributed by atoms with Crippen LogP contribution in [0.5, 0.6) is 0 Å². The Kier molecular flexibility index (Phi) is 427000000. The smallest absolute Gasteiger partial charge is 0.412 e. The first-order chi connectivity index (χ1) is 0. The standard InChI is InChI=1S/Fe.10H2O/h;10*1H2/q+3;;;;;;;;;;. The van der Waals surface area contributed by atoms with Gasteiger partial charge >= 0.3 is 17.1 Å². The van der Waals surface area contributed by atoms with Gasteiger partial charge in [-0.3, -0.25) is 0 Å². The molecule has 0 aliphatic heterocycles. The minimum atomic E-state index is 0. The first-order valence-corrected chi connectivity index (χ1v) is 0. The molecule has 1 radical (unpaired) electrons. The van der Waals surface area contributed by atoms with Gasteiger partial charge in [-0.25, -0.2) is 0 Å². The molecule has 11 heavy (non-hydrogen) atoms. The van der Waals surface area contributed by atoms with Crippen LogP contribution in [0.25, 0.3) is 0 Å². The van der Waals surface area contributed by atoms with Crippen LogP contribution in [0.3, 0.4) is 0 Å². The maximum Gasteiger partial charge on any atom is 3.00 e. The second-order valence-electron chi connectivity index (χ2n) is 0. The molecule has 0 amide bonds. The predicted molar refractivity (Wildman–Crippen MR) is 36.1 cm³/mol. The molecular weight excluding hydrogens is 216 g/mol. The Bertz CT molecular complexity index is 4.83. The zero-order valence-corrected chi connectivity index (χ0v) is 6.46. The van der Waals surface area contributed by atoms with E-state index in [1.165, 1.54) is 0 Å². The normalized spacial score (nSPS) is 0. The molecule has 0 aromatic heterocycles. The van der Waals surface area contributed by atoms with Crippen LogP contribution in [0.4, 0.5) is 0 Å². The van der Waals surface area contributed by atoms with Crippen molar-refractivity contribution in [3.05, 3.63) is 0 Å². The average Bonchev–Trinajstić information content (AvgIpc) is 0. The summed E-state index contributed by atoms with van der Waals surface area (Å²) in [7, 11) is 0. The van der Waals surface area contributed by atoms with Crippen LogP contribution in [0.15, 0.2) is 0 Å². The molecule has 0 saturated heterocycles. The van der Waals surface area contributed by atoms with E-state index >= 15 is 0 Å². The molecule has 85 valence electrons. The molecule has 10 nitrogen and oxygen atoms in total. The fourth-order valence-corrected chi connectivity index (χ4v) is 0. The van der Waals surface area contributed by atoms with Crippen molar-refractivity contribution in [1.29, 1.82) is 0 Å². The zero-order valence-electron chi connectivity index (χ0n) is 5.35. The summed E-state index contributed by atoms with van der Waals surface area (Å²) in [5.41, 5.74) is 0. The molecule has 0 aliphatic rings. The summed E-state index contributed by atoms with van der Waals surface area (Å²) in [5, 5.41) is 0. The van der Waals surface area contributed by atoms with Crippen molar-refractivity contribution >= 4 is 0 Å². The molecule has 0 aromatic carbocycles. The van der Waals surface area contributed by atoms with E-state index in [1.54, 1.807) is 0 Å². The van der Waals surface area contributed by atoms with Gasteiger partial charge in [0, 0.05) is 0 Å². The van der Waals surface area contributed by atoms with Crippen molar-refractivity contribution in [2.75, 3.05) is 0 Å².